The quantitative estimate of drug-likeness (QED) is 0.520. The summed E-state index contributed by atoms with van der Waals surface area (Å²) in [6, 6.07) is 3.58. The number of rotatable bonds is 4. The molecule has 94 valence electrons. The van der Waals surface area contributed by atoms with Gasteiger partial charge in [-0.25, -0.2) is 0 Å². The minimum Gasteiger partial charge on any atom is -0.369 e. The van der Waals surface area contributed by atoms with E-state index in [-0.39, 0.29) is 0 Å². The van der Waals surface area contributed by atoms with E-state index in [4.69, 9.17) is 11.7 Å². The minimum absolute atomic E-state index is 0.450. The SMILES string of the molecule is N/N=c1/ccc(NCCC2CCCC2)nn1N. The summed E-state index contributed by atoms with van der Waals surface area (Å²) in [7, 11) is 0. The number of hydrogen-bond donors (Lipinski definition) is 3. The Hall–Kier alpha value is -1.72. The van der Waals surface area contributed by atoms with Crippen LogP contribution >= 0.6 is 0 Å². The number of aromatic nitrogens is 2. The van der Waals surface area contributed by atoms with E-state index in [2.05, 4.69) is 15.5 Å². The van der Waals surface area contributed by atoms with Gasteiger partial charge in [-0.1, -0.05) is 25.7 Å². The van der Waals surface area contributed by atoms with Gasteiger partial charge in [0.15, 0.2) is 5.49 Å². The van der Waals surface area contributed by atoms with Gasteiger partial charge in [-0.2, -0.15) is 9.89 Å². The summed E-state index contributed by atoms with van der Waals surface area (Å²) < 4.78 is 0. The Balaban J connectivity index is 1.84. The van der Waals surface area contributed by atoms with Crippen LogP contribution in [-0.4, -0.2) is 16.4 Å². The second-order valence-electron chi connectivity index (χ2n) is 4.52. The predicted octanol–water partition coefficient (Wildman–Crippen LogP) is 0.363. The molecule has 1 aromatic rings. The van der Waals surface area contributed by atoms with Crippen molar-refractivity contribution in [1.82, 2.24) is 9.89 Å². The molecule has 1 aliphatic carbocycles. The van der Waals surface area contributed by atoms with Crippen LogP contribution in [0.15, 0.2) is 17.2 Å². The number of nitrogen functional groups attached to an aromatic ring is 1. The molecule has 1 aliphatic rings. The molecule has 0 aromatic carbocycles. The summed E-state index contributed by atoms with van der Waals surface area (Å²) in [5.74, 6) is 12.4. The van der Waals surface area contributed by atoms with Crippen LogP contribution in [0.5, 0.6) is 0 Å². The topological polar surface area (TPSA) is 94.2 Å². The van der Waals surface area contributed by atoms with Crippen LogP contribution in [0.3, 0.4) is 0 Å². The molecular weight excluding hydrogens is 216 g/mol. The standard InChI is InChI=1S/C11H20N6/c12-15-11-6-5-10(16-17(11)13)14-8-7-9-3-1-2-4-9/h5-6,9H,1-4,7-8,12-13H2,(H,14,16)/b15-11-. The highest BCUT2D eigenvalue weighted by Gasteiger charge is 2.14. The van der Waals surface area contributed by atoms with Crippen LogP contribution in [0.2, 0.25) is 0 Å². The molecular formula is C11H20N6. The van der Waals surface area contributed by atoms with Crippen LogP contribution in [0.25, 0.3) is 0 Å². The van der Waals surface area contributed by atoms with Gasteiger partial charge in [0, 0.05) is 6.54 Å². The van der Waals surface area contributed by atoms with Crippen molar-refractivity contribution >= 4 is 5.82 Å². The van der Waals surface area contributed by atoms with E-state index in [0.717, 1.165) is 18.3 Å². The van der Waals surface area contributed by atoms with Crippen molar-refractivity contribution in [3.05, 3.63) is 17.6 Å². The van der Waals surface area contributed by atoms with E-state index in [1.165, 1.54) is 36.9 Å². The Kier molecular flexibility index (Phi) is 3.85. The van der Waals surface area contributed by atoms with Crippen molar-refractivity contribution in [3.63, 3.8) is 0 Å². The highest BCUT2D eigenvalue weighted by atomic mass is 15.5. The first-order valence-electron chi connectivity index (χ1n) is 6.13. The monoisotopic (exact) mass is 236 g/mol. The summed E-state index contributed by atoms with van der Waals surface area (Å²) in [5, 5.41) is 10.9. The van der Waals surface area contributed by atoms with E-state index in [1.807, 2.05) is 6.07 Å². The van der Waals surface area contributed by atoms with Crippen LogP contribution in [0, 0.1) is 5.92 Å². The van der Waals surface area contributed by atoms with Crippen molar-refractivity contribution in [2.24, 2.45) is 16.9 Å². The molecule has 1 saturated carbocycles. The third-order valence-electron chi connectivity index (χ3n) is 3.31. The molecule has 0 amide bonds. The van der Waals surface area contributed by atoms with Crippen LogP contribution in [0.4, 0.5) is 5.82 Å². The maximum absolute atomic E-state index is 5.62. The molecule has 6 heteroatoms. The second-order valence-corrected chi connectivity index (χ2v) is 4.52. The Labute approximate surface area is 101 Å². The van der Waals surface area contributed by atoms with Gasteiger partial charge in [-0.3, -0.25) is 0 Å². The lowest BCUT2D eigenvalue weighted by molar-refractivity contribution is 0.518. The Morgan fingerprint density at radius 2 is 2.18 bits per heavy atom. The van der Waals surface area contributed by atoms with Crippen LogP contribution < -0.4 is 22.5 Å². The van der Waals surface area contributed by atoms with Crippen molar-refractivity contribution in [2.45, 2.75) is 32.1 Å². The largest absolute Gasteiger partial charge is 0.369 e. The number of anilines is 1. The predicted molar refractivity (Wildman–Crippen MR) is 67.2 cm³/mol. The van der Waals surface area contributed by atoms with Crippen molar-refractivity contribution < 1.29 is 0 Å². The van der Waals surface area contributed by atoms with E-state index < -0.39 is 0 Å². The van der Waals surface area contributed by atoms with Gasteiger partial charge in [-0.05, 0) is 24.5 Å². The summed E-state index contributed by atoms with van der Waals surface area (Å²) in [6.45, 7) is 0.941. The number of hydrogen-bond acceptors (Lipinski definition) is 5. The maximum atomic E-state index is 5.62. The highest BCUT2D eigenvalue weighted by Crippen LogP contribution is 2.27. The first kappa shape index (κ1) is 11.8. The third kappa shape index (κ3) is 3.12. The van der Waals surface area contributed by atoms with E-state index in [9.17, 15) is 0 Å². The molecule has 6 nitrogen and oxygen atoms in total. The molecule has 0 bridgehead atoms. The fourth-order valence-electron chi connectivity index (χ4n) is 2.33. The first-order chi connectivity index (χ1) is 8.29. The van der Waals surface area contributed by atoms with Gasteiger partial charge < -0.3 is 17.0 Å². The number of nitrogens with one attached hydrogen (secondary N) is 1. The van der Waals surface area contributed by atoms with Crippen LogP contribution in [-0.2, 0) is 0 Å². The van der Waals surface area contributed by atoms with Crippen molar-refractivity contribution in [1.29, 1.82) is 0 Å². The third-order valence-corrected chi connectivity index (χ3v) is 3.31. The summed E-state index contributed by atoms with van der Waals surface area (Å²) >= 11 is 0. The fourth-order valence-corrected chi connectivity index (χ4v) is 2.33. The van der Waals surface area contributed by atoms with Gasteiger partial charge in [0.05, 0.1) is 0 Å². The van der Waals surface area contributed by atoms with Crippen LogP contribution in [0.1, 0.15) is 32.1 Å². The van der Waals surface area contributed by atoms with Gasteiger partial charge in [-0.15, -0.1) is 5.10 Å². The molecule has 0 aliphatic heterocycles. The summed E-state index contributed by atoms with van der Waals surface area (Å²) in [5.41, 5.74) is 0.450. The summed E-state index contributed by atoms with van der Waals surface area (Å²) in [6.07, 6.45) is 6.72. The lowest BCUT2D eigenvalue weighted by Gasteiger charge is -2.10. The average Bonchev–Trinajstić information content (AvgIpc) is 2.82. The normalized spacial score (nSPS) is 17.5. The van der Waals surface area contributed by atoms with Crippen molar-refractivity contribution in [2.75, 3.05) is 17.7 Å². The van der Waals surface area contributed by atoms with E-state index in [1.54, 1.807) is 6.07 Å². The lowest BCUT2D eigenvalue weighted by Crippen LogP contribution is -2.31. The van der Waals surface area contributed by atoms with E-state index in [0.29, 0.717) is 5.49 Å². The minimum atomic E-state index is 0.450. The zero-order valence-electron chi connectivity index (χ0n) is 9.97. The van der Waals surface area contributed by atoms with Gasteiger partial charge in [0.1, 0.15) is 5.82 Å². The lowest BCUT2D eigenvalue weighted by atomic mass is 10.0. The molecule has 1 fully saturated rings. The molecule has 0 radical (unpaired) electrons. The molecule has 0 atom stereocenters. The van der Waals surface area contributed by atoms with Crippen molar-refractivity contribution in [3.8, 4) is 0 Å². The molecule has 1 heterocycles. The maximum Gasteiger partial charge on any atom is 0.190 e. The molecule has 0 unspecified atom stereocenters. The van der Waals surface area contributed by atoms with Gasteiger partial charge >= 0.3 is 0 Å². The molecule has 0 spiro atoms. The number of nitrogens with zero attached hydrogens (tertiary/aromatic N) is 3. The molecule has 0 saturated heterocycles. The van der Waals surface area contributed by atoms with E-state index >= 15 is 0 Å². The molecule has 5 N–H and O–H groups in total. The first-order valence-corrected chi connectivity index (χ1v) is 6.13. The summed E-state index contributed by atoms with van der Waals surface area (Å²) in [4.78, 5) is 1.18. The smallest absolute Gasteiger partial charge is 0.190 e. The fraction of sp³-hybridized carbons (Fsp3) is 0.636. The van der Waals surface area contributed by atoms with Gasteiger partial charge in [0.2, 0.25) is 0 Å². The Morgan fingerprint density at radius 1 is 1.41 bits per heavy atom. The zero-order chi connectivity index (χ0) is 12.1. The number of nitrogens with two attached hydrogens (primary N) is 2. The Bertz CT molecular complexity index is 418. The van der Waals surface area contributed by atoms with Gasteiger partial charge in [0.25, 0.3) is 0 Å². The molecule has 17 heavy (non-hydrogen) atoms. The Morgan fingerprint density at radius 3 is 2.82 bits per heavy atom. The zero-order valence-corrected chi connectivity index (χ0v) is 9.97. The molecule has 1 aromatic heterocycles. The highest BCUT2D eigenvalue weighted by molar-refractivity contribution is 5.31. The molecule has 2 rings (SSSR count). The second kappa shape index (κ2) is 5.56. The average molecular weight is 236 g/mol.